The second kappa shape index (κ2) is 9.71. The summed E-state index contributed by atoms with van der Waals surface area (Å²) < 4.78 is 1.65. The van der Waals surface area contributed by atoms with E-state index in [2.05, 4.69) is 30.9 Å². The van der Waals surface area contributed by atoms with E-state index in [0.29, 0.717) is 39.4 Å². The molecule has 9 nitrogen and oxygen atoms in total. The zero-order valence-electron chi connectivity index (χ0n) is 19.6. The van der Waals surface area contributed by atoms with Gasteiger partial charge in [-0.05, 0) is 50.1 Å². The Bertz CT molecular complexity index is 1610. The molecule has 0 fully saturated rings. The Hall–Kier alpha value is -4.37. The summed E-state index contributed by atoms with van der Waals surface area (Å²) in [5, 5.41) is 5.47. The third-order valence-corrected chi connectivity index (χ3v) is 6.26. The van der Waals surface area contributed by atoms with Gasteiger partial charge in [0.25, 0.3) is 11.7 Å². The fraction of sp³-hybridized carbons (Fsp3) is 0.154. The van der Waals surface area contributed by atoms with Crippen molar-refractivity contribution in [2.75, 3.05) is 0 Å². The van der Waals surface area contributed by atoms with Gasteiger partial charge in [-0.2, -0.15) is 10.1 Å². The Morgan fingerprint density at radius 3 is 2.58 bits per heavy atom. The standard InChI is InChI=1S/C26H22ClN7O2/c1-15-19(16(2)34-26(30-15)28-14-29-34)11-12-24(35)32-33-25(36)21-13-23(17-7-9-18(27)10-8-17)31-22-6-4-3-5-20(21)22/h3-10,13-14H,11-12H2,1-2H3,(H,32,35)(H,33,36). The Morgan fingerprint density at radius 1 is 1.00 bits per heavy atom. The lowest BCUT2D eigenvalue weighted by molar-refractivity contribution is -0.121. The Labute approximate surface area is 211 Å². The van der Waals surface area contributed by atoms with E-state index >= 15 is 0 Å². The molecule has 2 aromatic carbocycles. The molecule has 5 rings (SSSR count). The van der Waals surface area contributed by atoms with E-state index in [1.165, 1.54) is 6.33 Å². The van der Waals surface area contributed by atoms with Crippen molar-refractivity contribution >= 4 is 40.1 Å². The van der Waals surface area contributed by atoms with Crippen LogP contribution in [0.15, 0.2) is 60.9 Å². The average Bonchev–Trinajstić information content (AvgIpc) is 3.35. The molecule has 0 aliphatic carbocycles. The number of halogens is 1. The van der Waals surface area contributed by atoms with Gasteiger partial charge < -0.3 is 0 Å². The molecule has 0 spiro atoms. The van der Waals surface area contributed by atoms with Crippen molar-refractivity contribution < 1.29 is 9.59 Å². The van der Waals surface area contributed by atoms with Crippen LogP contribution in [0, 0.1) is 13.8 Å². The van der Waals surface area contributed by atoms with E-state index < -0.39 is 5.91 Å². The molecule has 0 radical (unpaired) electrons. The highest BCUT2D eigenvalue weighted by atomic mass is 35.5. The van der Waals surface area contributed by atoms with E-state index in [1.807, 2.05) is 50.2 Å². The third-order valence-electron chi connectivity index (χ3n) is 6.01. The number of rotatable bonds is 5. The van der Waals surface area contributed by atoms with Crippen LogP contribution in [-0.2, 0) is 11.2 Å². The number of para-hydroxylation sites is 1. The van der Waals surface area contributed by atoms with Gasteiger partial charge in [0.1, 0.15) is 6.33 Å². The first-order chi connectivity index (χ1) is 17.4. The number of hydrogen-bond donors (Lipinski definition) is 2. The van der Waals surface area contributed by atoms with Crippen LogP contribution < -0.4 is 10.9 Å². The van der Waals surface area contributed by atoms with E-state index in [0.717, 1.165) is 22.5 Å². The summed E-state index contributed by atoms with van der Waals surface area (Å²) in [7, 11) is 0. The number of aryl methyl sites for hydroxylation is 2. The maximum absolute atomic E-state index is 13.1. The number of hydrazine groups is 1. The van der Waals surface area contributed by atoms with Crippen LogP contribution in [0.25, 0.3) is 27.9 Å². The van der Waals surface area contributed by atoms with Crippen molar-refractivity contribution in [1.29, 1.82) is 0 Å². The second-order valence-electron chi connectivity index (χ2n) is 8.31. The molecule has 5 aromatic rings. The van der Waals surface area contributed by atoms with E-state index in [4.69, 9.17) is 11.6 Å². The summed E-state index contributed by atoms with van der Waals surface area (Å²) >= 11 is 6.01. The van der Waals surface area contributed by atoms with Gasteiger partial charge in [0.15, 0.2) is 0 Å². The van der Waals surface area contributed by atoms with Crippen molar-refractivity contribution in [3.8, 4) is 11.3 Å². The van der Waals surface area contributed by atoms with Gasteiger partial charge >= 0.3 is 0 Å². The Morgan fingerprint density at radius 2 is 1.78 bits per heavy atom. The highest BCUT2D eigenvalue weighted by molar-refractivity contribution is 6.30. The maximum Gasteiger partial charge on any atom is 0.270 e. The third kappa shape index (κ3) is 4.60. The van der Waals surface area contributed by atoms with Crippen LogP contribution in [0.2, 0.25) is 5.02 Å². The molecule has 0 saturated carbocycles. The molecule has 10 heteroatoms. The maximum atomic E-state index is 13.1. The fourth-order valence-electron chi connectivity index (χ4n) is 4.14. The van der Waals surface area contributed by atoms with Gasteiger partial charge in [-0.1, -0.05) is 41.9 Å². The van der Waals surface area contributed by atoms with E-state index in [1.54, 1.807) is 22.7 Å². The van der Waals surface area contributed by atoms with Crippen molar-refractivity contribution in [3.63, 3.8) is 0 Å². The second-order valence-corrected chi connectivity index (χ2v) is 8.75. The number of nitrogens with one attached hydrogen (secondary N) is 2. The summed E-state index contributed by atoms with van der Waals surface area (Å²) in [6.45, 7) is 3.79. The Kier molecular flexibility index (Phi) is 6.30. The van der Waals surface area contributed by atoms with Crippen LogP contribution >= 0.6 is 11.6 Å². The molecule has 0 aliphatic rings. The highest BCUT2D eigenvalue weighted by Crippen LogP contribution is 2.26. The molecule has 2 amide bonds. The molecule has 0 bridgehead atoms. The van der Waals surface area contributed by atoms with Crippen molar-refractivity contribution in [2.45, 2.75) is 26.7 Å². The van der Waals surface area contributed by atoms with Crippen LogP contribution in [-0.4, -0.2) is 36.4 Å². The zero-order valence-corrected chi connectivity index (χ0v) is 20.4. The van der Waals surface area contributed by atoms with Crippen molar-refractivity contribution in [2.24, 2.45) is 0 Å². The van der Waals surface area contributed by atoms with Gasteiger partial charge in [-0.15, -0.1) is 0 Å². The van der Waals surface area contributed by atoms with Crippen LogP contribution in [0.4, 0.5) is 0 Å². The van der Waals surface area contributed by atoms with Gasteiger partial charge in [-0.3, -0.25) is 20.4 Å². The minimum absolute atomic E-state index is 0.164. The quantitative estimate of drug-likeness (QED) is 0.353. The van der Waals surface area contributed by atoms with Gasteiger partial charge in [0.05, 0.1) is 16.8 Å². The van der Waals surface area contributed by atoms with Crippen molar-refractivity contribution in [1.82, 2.24) is 35.4 Å². The summed E-state index contributed by atoms with van der Waals surface area (Å²) in [5.41, 5.74) is 10.2. The topological polar surface area (TPSA) is 114 Å². The summed E-state index contributed by atoms with van der Waals surface area (Å²) in [6.07, 6.45) is 2.06. The summed E-state index contributed by atoms with van der Waals surface area (Å²) in [4.78, 5) is 38.9. The molecular weight excluding hydrogens is 478 g/mol. The van der Waals surface area contributed by atoms with Crippen LogP contribution in [0.5, 0.6) is 0 Å². The molecule has 0 aliphatic heterocycles. The molecule has 0 atom stereocenters. The lowest BCUT2D eigenvalue weighted by Gasteiger charge is -2.12. The molecule has 36 heavy (non-hydrogen) atoms. The first kappa shape index (κ1) is 23.4. The summed E-state index contributed by atoms with van der Waals surface area (Å²) in [5.74, 6) is -0.236. The number of carbonyl (C=O) groups excluding carboxylic acids is 2. The normalized spacial score (nSPS) is 11.1. The number of benzene rings is 2. The average molecular weight is 500 g/mol. The molecule has 0 unspecified atom stereocenters. The van der Waals surface area contributed by atoms with E-state index in [-0.39, 0.29) is 12.3 Å². The minimum Gasteiger partial charge on any atom is -0.273 e. The number of carbonyl (C=O) groups is 2. The lowest BCUT2D eigenvalue weighted by atomic mass is 10.0. The predicted octanol–water partition coefficient (Wildman–Crippen LogP) is 4.00. The van der Waals surface area contributed by atoms with Gasteiger partial charge in [0.2, 0.25) is 5.91 Å². The number of amides is 2. The molecule has 180 valence electrons. The van der Waals surface area contributed by atoms with Gasteiger partial charge in [-0.25, -0.2) is 14.5 Å². The first-order valence-corrected chi connectivity index (χ1v) is 11.7. The smallest absolute Gasteiger partial charge is 0.270 e. The number of hydrogen-bond acceptors (Lipinski definition) is 6. The lowest BCUT2D eigenvalue weighted by Crippen LogP contribution is -2.41. The van der Waals surface area contributed by atoms with Gasteiger partial charge in [0, 0.05) is 33.8 Å². The minimum atomic E-state index is -0.435. The van der Waals surface area contributed by atoms with E-state index in [9.17, 15) is 9.59 Å². The zero-order chi connectivity index (χ0) is 25.2. The van der Waals surface area contributed by atoms with Crippen LogP contribution in [0.1, 0.15) is 33.7 Å². The number of fused-ring (bicyclic) bond motifs is 2. The summed E-state index contributed by atoms with van der Waals surface area (Å²) in [6, 6.07) is 16.3. The fourth-order valence-corrected chi connectivity index (χ4v) is 4.27. The number of nitrogens with zero attached hydrogens (tertiary/aromatic N) is 5. The largest absolute Gasteiger partial charge is 0.273 e. The molecule has 0 saturated heterocycles. The molecular formula is C26H22ClN7O2. The number of pyridine rings is 1. The SMILES string of the molecule is Cc1nc2ncnn2c(C)c1CCC(=O)NNC(=O)c1cc(-c2ccc(Cl)cc2)nc2ccccc12. The predicted molar refractivity (Wildman–Crippen MR) is 136 cm³/mol. The highest BCUT2D eigenvalue weighted by Gasteiger charge is 2.16. The van der Waals surface area contributed by atoms with Crippen LogP contribution in [0.3, 0.4) is 0 Å². The first-order valence-electron chi connectivity index (χ1n) is 11.3. The number of aromatic nitrogens is 5. The molecule has 2 N–H and O–H groups in total. The van der Waals surface area contributed by atoms with Crippen molar-refractivity contribution in [3.05, 3.63) is 88.5 Å². The molecule has 3 heterocycles. The molecule has 3 aromatic heterocycles. The Balaban J connectivity index is 1.31. The monoisotopic (exact) mass is 499 g/mol.